The molecule has 0 atom stereocenters. The Morgan fingerprint density at radius 2 is 1.82 bits per heavy atom. The molecule has 22 heavy (non-hydrogen) atoms. The molecule has 0 spiro atoms. The number of hydrogen-bond acceptors (Lipinski definition) is 2. The average molecular weight is 315 g/mol. The summed E-state index contributed by atoms with van der Waals surface area (Å²) in [4.78, 5) is 14.5. The second-order valence-corrected chi connectivity index (χ2v) is 6.42. The lowest BCUT2D eigenvalue weighted by atomic mass is 10.0. The number of nitrogens with zero attached hydrogens (tertiary/aromatic N) is 1. The largest absolute Gasteiger partial charge is 0.378 e. The molecule has 1 aliphatic rings. The van der Waals surface area contributed by atoms with Crippen LogP contribution in [0.2, 0.25) is 5.02 Å². The fraction of sp³-hybridized carbons (Fsp3) is 0.278. The van der Waals surface area contributed by atoms with E-state index in [-0.39, 0.29) is 11.4 Å². The highest BCUT2D eigenvalue weighted by atomic mass is 35.5. The van der Waals surface area contributed by atoms with E-state index in [1.165, 1.54) is 0 Å². The van der Waals surface area contributed by atoms with Crippen molar-refractivity contribution < 1.29 is 4.79 Å². The van der Waals surface area contributed by atoms with E-state index in [0.29, 0.717) is 10.6 Å². The number of anilines is 1. The number of hydrogen-bond donors (Lipinski definition) is 1. The van der Waals surface area contributed by atoms with Gasteiger partial charge in [-0.2, -0.15) is 0 Å². The van der Waals surface area contributed by atoms with E-state index in [0.717, 1.165) is 24.1 Å². The molecule has 0 aromatic heterocycles. The second-order valence-electron chi connectivity index (χ2n) is 5.99. The minimum Gasteiger partial charge on any atom is -0.378 e. The van der Waals surface area contributed by atoms with Crippen LogP contribution in [0.5, 0.6) is 0 Å². The SMILES string of the molecule is CN(C)c1cccc(C(=O)NC2(c3ccc(Cl)cc3)CC2)c1. The molecule has 1 N–H and O–H groups in total. The van der Waals surface area contributed by atoms with Crippen molar-refractivity contribution in [3.8, 4) is 0 Å². The summed E-state index contributed by atoms with van der Waals surface area (Å²) in [5, 5.41) is 3.90. The maximum absolute atomic E-state index is 12.6. The van der Waals surface area contributed by atoms with Gasteiger partial charge in [-0.3, -0.25) is 4.79 Å². The smallest absolute Gasteiger partial charge is 0.252 e. The minimum absolute atomic E-state index is 0.0313. The zero-order valence-corrected chi connectivity index (χ0v) is 13.5. The van der Waals surface area contributed by atoms with Gasteiger partial charge in [0.25, 0.3) is 5.91 Å². The zero-order valence-electron chi connectivity index (χ0n) is 12.8. The van der Waals surface area contributed by atoms with Crippen molar-refractivity contribution in [2.45, 2.75) is 18.4 Å². The topological polar surface area (TPSA) is 32.3 Å². The van der Waals surface area contributed by atoms with E-state index in [4.69, 9.17) is 11.6 Å². The third-order valence-corrected chi connectivity index (χ3v) is 4.38. The maximum atomic E-state index is 12.6. The van der Waals surface area contributed by atoms with E-state index in [1.54, 1.807) is 0 Å². The van der Waals surface area contributed by atoms with Crippen LogP contribution in [0.15, 0.2) is 48.5 Å². The summed E-state index contributed by atoms with van der Waals surface area (Å²) in [5.74, 6) is -0.0313. The third-order valence-electron chi connectivity index (χ3n) is 4.12. The van der Waals surface area contributed by atoms with Crippen LogP contribution in [0.1, 0.15) is 28.8 Å². The van der Waals surface area contributed by atoms with Crippen molar-refractivity contribution >= 4 is 23.2 Å². The first-order valence-corrected chi connectivity index (χ1v) is 7.74. The quantitative estimate of drug-likeness (QED) is 0.930. The molecule has 1 amide bonds. The Morgan fingerprint density at radius 1 is 1.14 bits per heavy atom. The van der Waals surface area contributed by atoms with Gasteiger partial charge in [0, 0.05) is 30.4 Å². The molecule has 1 aliphatic carbocycles. The molecule has 0 bridgehead atoms. The molecule has 2 aromatic rings. The Hall–Kier alpha value is -2.00. The number of nitrogens with one attached hydrogen (secondary N) is 1. The van der Waals surface area contributed by atoms with Gasteiger partial charge in [0.1, 0.15) is 0 Å². The van der Waals surface area contributed by atoms with Gasteiger partial charge in [-0.15, -0.1) is 0 Å². The summed E-state index contributed by atoms with van der Waals surface area (Å²) < 4.78 is 0. The van der Waals surface area contributed by atoms with Crippen LogP contribution in [0.25, 0.3) is 0 Å². The van der Waals surface area contributed by atoms with Crippen molar-refractivity contribution in [3.05, 3.63) is 64.7 Å². The highest BCUT2D eigenvalue weighted by Gasteiger charge is 2.45. The van der Waals surface area contributed by atoms with E-state index >= 15 is 0 Å². The summed E-state index contributed by atoms with van der Waals surface area (Å²) in [7, 11) is 3.93. The van der Waals surface area contributed by atoms with Crippen LogP contribution in [-0.4, -0.2) is 20.0 Å². The Morgan fingerprint density at radius 3 is 2.41 bits per heavy atom. The molecule has 0 radical (unpaired) electrons. The van der Waals surface area contributed by atoms with Gasteiger partial charge in [-0.25, -0.2) is 0 Å². The normalized spacial score (nSPS) is 15.2. The highest BCUT2D eigenvalue weighted by Crippen LogP contribution is 2.45. The maximum Gasteiger partial charge on any atom is 0.252 e. The van der Waals surface area contributed by atoms with Gasteiger partial charge in [-0.05, 0) is 48.7 Å². The molecule has 2 aromatic carbocycles. The number of benzene rings is 2. The Labute approximate surface area is 135 Å². The standard InChI is InChI=1S/C18H19ClN2O/c1-21(2)16-5-3-4-13(12-16)17(22)20-18(10-11-18)14-6-8-15(19)9-7-14/h3-9,12H,10-11H2,1-2H3,(H,20,22). The number of halogens is 1. The van der Waals surface area contributed by atoms with Crippen LogP contribution >= 0.6 is 11.6 Å². The fourth-order valence-corrected chi connectivity index (χ4v) is 2.72. The summed E-state index contributed by atoms with van der Waals surface area (Å²) >= 11 is 5.94. The number of amides is 1. The van der Waals surface area contributed by atoms with Crippen LogP contribution in [0, 0.1) is 0 Å². The summed E-state index contributed by atoms with van der Waals surface area (Å²) in [5.41, 5.74) is 2.60. The van der Waals surface area contributed by atoms with Crippen LogP contribution in [0.4, 0.5) is 5.69 Å². The van der Waals surface area contributed by atoms with Gasteiger partial charge >= 0.3 is 0 Å². The van der Waals surface area contributed by atoms with Crippen molar-refractivity contribution in [1.29, 1.82) is 0 Å². The average Bonchev–Trinajstić information content (AvgIpc) is 3.28. The van der Waals surface area contributed by atoms with Crippen molar-refractivity contribution in [2.75, 3.05) is 19.0 Å². The van der Waals surface area contributed by atoms with Crippen molar-refractivity contribution in [3.63, 3.8) is 0 Å². The molecule has 0 heterocycles. The Kier molecular flexibility index (Phi) is 3.83. The lowest BCUT2D eigenvalue weighted by Crippen LogP contribution is -2.34. The Bertz CT molecular complexity index is 690. The molecule has 1 fully saturated rings. The van der Waals surface area contributed by atoms with Crippen molar-refractivity contribution in [1.82, 2.24) is 5.32 Å². The number of rotatable bonds is 4. The molecular formula is C18H19ClN2O. The molecule has 1 saturated carbocycles. The van der Waals surface area contributed by atoms with E-state index < -0.39 is 0 Å². The number of carbonyl (C=O) groups is 1. The van der Waals surface area contributed by atoms with E-state index in [9.17, 15) is 4.79 Å². The van der Waals surface area contributed by atoms with Gasteiger partial charge in [0.15, 0.2) is 0 Å². The summed E-state index contributed by atoms with van der Waals surface area (Å²) in [6, 6.07) is 15.4. The second kappa shape index (κ2) is 5.65. The highest BCUT2D eigenvalue weighted by molar-refractivity contribution is 6.30. The number of carbonyl (C=O) groups excluding carboxylic acids is 1. The first kappa shape index (κ1) is 14.9. The van der Waals surface area contributed by atoms with E-state index in [2.05, 4.69) is 5.32 Å². The molecule has 0 unspecified atom stereocenters. The van der Waals surface area contributed by atoms with Crippen LogP contribution < -0.4 is 10.2 Å². The van der Waals surface area contributed by atoms with Gasteiger partial charge in [0.05, 0.1) is 5.54 Å². The van der Waals surface area contributed by atoms with Gasteiger partial charge < -0.3 is 10.2 Å². The summed E-state index contributed by atoms with van der Waals surface area (Å²) in [6.45, 7) is 0. The van der Waals surface area contributed by atoms with Gasteiger partial charge in [0.2, 0.25) is 0 Å². The molecule has 0 saturated heterocycles. The van der Waals surface area contributed by atoms with Crippen LogP contribution in [0.3, 0.4) is 0 Å². The Balaban J connectivity index is 1.79. The molecule has 114 valence electrons. The van der Waals surface area contributed by atoms with Crippen LogP contribution in [-0.2, 0) is 5.54 Å². The zero-order chi connectivity index (χ0) is 15.7. The predicted molar refractivity (Wildman–Crippen MR) is 90.6 cm³/mol. The first-order valence-electron chi connectivity index (χ1n) is 7.36. The summed E-state index contributed by atoms with van der Waals surface area (Å²) in [6.07, 6.45) is 1.93. The predicted octanol–water partition coefficient (Wildman–Crippen LogP) is 3.83. The molecule has 0 aliphatic heterocycles. The first-order chi connectivity index (χ1) is 10.5. The molecule has 3 nitrogen and oxygen atoms in total. The minimum atomic E-state index is -0.226. The molecule has 3 rings (SSSR count). The van der Waals surface area contributed by atoms with Gasteiger partial charge in [-0.1, -0.05) is 29.8 Å². The lowest BCUT2D eigenvalue weighted by Gasteiger charge is -2.19. The van der Waals surface area contributed by atoms with E-state index in [1.807, 2.05) is 67.5 Å². The molecular weight excluding hydrogens is 296 g/mol. The fourth-order valence-electron chi connectivity index (χ4n) is 2.59. The van der Waals surface area contributed by atoms with Crippen molar-refractivity contribution in [2.24, 2.45) is 0 Å². The monoisotopic (exact) mass is 314 g/mol. The lowest BCUT2D eigenvalue weighted by molar-refractivity contribution is 0.0931. The molecule has 4 heteroatoms. The third kappa shape index (κ3) is 2.95.